The summed E-state index contributed by atoms with van der Waals surface area (Å²) in [4.78, 5) is 72.3. The van der Waals surface area contributed by atoms with E-state index in [-0.39, 0.29) is 81.1 Å². The number of fused-ring (bicyclic) bond motifs is 3. The van der Waals surface area contributed by atoms with Crippen LogP contribution in [0.4, 0.5) is 0 Å². The molecular formula is C54H85NO15. The van der Waals surface area contributed by atoms with Gasteiger partial charge in [0.15, 0.2) is 5.78 Å². The first-order valence-corrected chi connectivity index (χ1v) is 25.7. The van der Waals surface area contributed by atoms with Crippen LogP contribution in [0.25, 0.3) is 0 Å². The summed E-state index contributed by atoms with van der Waals surface area (Å²) in [6.07, 6.45) is 9.89. The normalized spacial score (nSPS) is 38.5. The van der Waals surface area contributed by atoms with Crippen molar-refractivity contribution in [3.05, 3.63) is 47.6 Å². The number of hydrogen-bond acceptors (Lipinski definition) is 15. The fourth-order valence-corrected chi connectivity index (χ4v) is 10.4. The lowest BCUT2D eigenvalue weighted by atomic mass is 9.78. The van der Waals surface area contributed by atoms with Gasteiger partial charge in [-0.25, -0.2) is 4.79 Å². The zero-order valence-corrected chi connectivity index (χ0v) is 43.2. The second-order valence-electron chi connectivity index (χ2n) is 20.9. The van der Waals surface area contributed by atoms with E-state index in [1.807, 2.05) is 51.2 Å². The number of hydrogen-bond donors (Lipinski definition) is 5. The summed E-state index contributed by atoms with van der Waals surface area (Å²) in [6, 6.07) is -1.19. The number of cyclic esters (lactones) is 1. The molecule has 0 radical (unpaired) electrons. The number of piperidine rings is 1. The maximum absolute atomic E-state index is 14.4. The van der Waals surface area contributed by atoms with E-state index in [2.05, 4.69) is 0 Å². The number of ether oxygens (including phenoxy) is 5. The molecule has 0 spiro atoms. The van der Waals surface area contributed by atoms with Gasteiger partial charge in [0.2, 0.25) is 5.79 Å². The number of carbonyl (C=O) groups is 5. The van der Waals surface area contributed by atoms with Gasteiger partial charge in [-0.1, -0.05) is 71.1 Å². The van der Waals surface area contributed by atoms with E-state index in [0.29, 0.717) is 63.4 Å². The van der Waals surface area contributed by atoms with Gasteiger partial charge in [-0.15, -0.1) is 0 Å². The average molecular weight is 988 g/mol. The minimum absolute atomic E-state index is 0.0147. The van der Waals surface area contributed by atoms with Gasteiger partial charge in [-0.3, -0.25) is 19.2 Å². The van der Waals surface area contributed by atoms with Crippen molar-refractivity contribution in [2.24, 2.45) is 41.4 Å². The number of rotatable bonds is 10. The molecule has 3 heterocycles. The van der Waals surface area contributed by atoms with Crippen LogP contribution in [-0.2, 0) is 47.7 Å². The molecule has 396 valence electrons. The number of carbonyl (C=O) groups excluding carboxylic acids is 5. The molecule has 1 aliphatic carbocycles. The Morgan fingerprint density at radius 2 is 1.57 bits per heavy atom. The van der Waals surface area contributed by atoms with Gasteiger partial charge in [-0.05, 0) is 107 Å². The first-order chi connectivity index (χ1) is 33.2. The molecule has 0 unspecified atom stereocenters. The van der Waals surface area contributed by atoms with Crippen molar-refractivity contribution in [2.45, 2.75) is 180 Å². The summed E-state index contributed by atoms with van der Waals surface area (Å²) in [6.45, 7) is 11.9. The molecule has 5 N–H and O–H groups in total. The van der Waals surface area contributed by atoms with Crippen molar-refractivity contribution in [2.75, 3.05) is 40.6 Å². The van der Waals surface area contributed by atoms with Crippen LogP contribution in [0.15, 0.2) is 47.6 Å². The van der Waals surface area contributed by atoms with Crippen molar-refractivity contribution in [3.8, 4) is 0 Å². The van der Waals surface area contributed by atoms with Gasteiger partial charge in [0.25, 0.3) is 11.7 Å². The molecule has 0 aromatic rings. The van der Waals surface area contributed by atoms with E-state index in [1.165, 1.54) is 7.11 Å². The third-order valence-corrected chi connectivity index (χ3v) is 15.2. The molecule has 1 amide bonds. The zero-order valence-electron chi connectivity index (χ0n) is 43.2. The summed E-state index contributed by atoms with van der Waals surface area (Å²) in [7, 11) is 2.92. The molecule has 4 aliphatic rings. The van der Waals surface area contributed by atoms with Crippen LogP contribution in [0.2, 0.25) is 0 Å². The van der Waals surface area contributed by atoms with Gasteiger partial charge >= 0.3 is 5.97 Å². The highest BCUT2D eigenvalue weighted by Gasteiger charge is 2.53. The van der Waals surface area contributed by atoms with Crippen LogP contribution in [0.3, 0.4) is 0 Å². The van der Waals surface area contributed by atoms with Gasteiger partial charge in [0, 0.05) is 57.3 Å². The SMILES string of the molecule is CO[C@@H]1C[C@H](C[C@@H](C)[C@@H]2CC(=O)[C@H](C)/C=C(\C)[C@@H](O)[C@@H](OC)C(=O)[C@H](C)C[C@H](C)/C=C/C=C/C=C(\C)[C@H](OCC(CO)CO)C[C@@H]3CC[C@@H](C)[C@@](O)(O3)C(=O)C(=O)N3CCCC[C@H]3C(=O)O2)CC[C@H]1O. The lowest BCUT2D eigenvalue weighted by molar-refractivity contribution is -0.266. The number of methoxy groups -OCH3 is 2. The molecule has 16 nitrogen and oxygen atoms in total. The number of aliphatic hydroxyl groups excluding tert-OH is 4. The Morgan fingerprint density at radius 3 is 2.24 bits per heavy atom. The number of ketones is 3. The highest BCUT2D eigenvalue weighted by Crippen LogP contribution is 2.38. The van der Waals surface area contributed by atoms with Crippen LogP contribution >= 0.6 is 0 Å². The number of amides is 1. The van der Waals surface area contributed by atoms with Crippen LogP contribution in [0, 0.1) is 41.4 Å². The lowest BCUT2D eigenvalue weighted by Gasteiger charge is -2.43. The summed E-state index contributed by atoms with van der Waals surface area (Å²) in [5.41, 5.74) is 1.12. The summed E-state index contributed by atoms with van der Waals surface area (Å²) < 4.78 is 29.9. The third kappa shape index (κ3) is 16.0. The summed E-state index contributed by atoms with van der Waals surface area (Å²) in [5.74, 6) is -9.02. The third-order valence-electron chi connectivity index (χ3n) is 15.2. The smallest absolute Gasteiger partial charge is 0.329 e. The Kier molecular flexibility index (Phi) is 23.7. The average Bonchev–Trinajstić information content (AvgIpc) is 3.34. The Hall–Kier alpha value is -3.45. The van der Waals surface area contributed by atoms with Crippen molar-refractivity contribution >= 4 is 29.2 Å². The Labute approximate surface area is 415 Å². The fourth-order valence-electron chi connectivity index (χ4n) is 10.4. The van der Waals surface area contributed by atoms with Crippen LogP contribution in [0.1, 0.15) is 126 Å². The largest absolute Gasteiger partial charge is 0.460 e. The molecule has 16 heteroatoms. The molecular weight excluding hydrogens is 903 g/mol. The molecule has 3 aliphatic heterocycles. The number of Topliss-reactive ketones (excluding diaryl/α,β-unsaturated/α-hetero) is 3. The molecule has 4 rings (SSSR count). The second-order valence-corrected chi connectivity index (χ2v) is 20.9. The summed E-state index contributed by atoms with van der Waals surface area (Å²) >= 11 is 0. The number of allylic oxidation sites excluding steroid dienone is 6. The molecule has 15 atom stereocenters. The van der Waals surface area contributed by atoms with E-state index < -0.39 is 89.8 Å². The fraction of sp³-hybridized carbons (Fsp3) is 0.759. The monoisotopic (exact) mass is 988 g/mol. The van der Waals surface area contributed by atoms with Crippen LogP contribution in [-0.4, -0.2) is 155 Å². The maximum atomic E-state index is 14.4. The predicted octanol–water partition coefficient (Wildman–Crippen LogP) is 5.15. The van der Waals surface area contributed by atoms with Crippen molar-refractivity contribution in [1.29, 1.82) is 0 Å². The molecule has 2 bridgehead atoms. The van der Waals surface area contributed by atoms with Crippen molar-refractivity contribution in [3.63, 3.8) is 0 Å². The molecule has 2 saturated heterocycles. The van der Waals surface area contributed by atoms with Crippen LogP contribution in [0.5, 0.6) is 0 Å². The second kappa shape index (κ2) is 28.1. The van der Waals surface area contributed by atoms with Crippen molar-refractivity contribution < 1.29 is 73.2 Å². The van der Waals surface area contributed by atoms with Gasteiger partial charge in [-0.2, -0.15) is 0 Å². The first-order valence-electron chi connectivity index (χ1n) is 25.7. The number of nitrogens with zero attached hydrogens (tertiary/aromatic N) is 1. The van der Waals surface area contributed by atoms with Crippen LogP contribution < -0.4 is 0 Å². The topological polar surface area (TPSA) is 236 Å². The molecule has 0 aromatic heterocycles. The Bertz CT molecular complexity index is 1860. The predicted molar refractivity (Wildman–Crippen MR) is 262 cm³/mol. The number of aliphatic hydroxyl groups is 5. The van der Waals surface area contributed by atoms with E-state index >= 15 is 0 Å². The number of esters is 1. The van der Waals surface area contributed by atoms with E-state index in [9.17, 15) is 49.5 Å². The van der Waals surface area contributed by atoms with Gasteiger partial charge < -0.3 is 54.1 Å². The minimum Gasteiger partial charge on any atom is -0.460 e. The van der Waals surface area contributed by atoms with Crippen molar-refractivity contribution in [1.82, 2.24) is 4.90 Å². The summed E-state index contributed by atoms with van der Waals surface area (Å²) in [5, 5.41) is 53.6. The maximum Gasteiger partial charge on any atom is 0.329 e. The van der Waals surface area contributed by atoms with Gasteiger partial charge in [0.05, 0.1) is 44.2 Å². The van der Waals surface area contributed by atoms with E-state index in [0.717, 1.165) is 10.5 Å². The first kappa shape index (κ1) is 59.1. The quantitative estimate of drug-likeness (QED) is 0.108. The lowest BCUT2D eigenvalue weighted by Crippen LogP contribution is -2.61. The Balaban J connectivity index is 1.73. The van der Waals surface area contributed by atoms with E-state index in [4.69, 9.17) is 23.7 Å². The molecule has 0 aromatic carbocycles. The molecule has 3 fully saturated rings. The molecule has 1 saturated carbocycles. The van der Waals surface area contributed by atoms with E-state index in [1.54, 1.807) is 40.9 Å². The highest BCUT2D eigenvalue weighted by molar-refractivity contribution is 6.39. The molecule has 70 heavy (non-hydrogen) atoms. The standard InChI is InChI=1S/C54H85NO15/c1-32-15-11-10-12-16-33(2)45(68-31-40(29-56)30-57)27-41-20-18-38(7)54(65,70-41)51(62)52(63)55-22-14-13-17-42(55)53(64)69-46(35(4)25-39-19-21-43(58)47(26-39)66-8)28-44(59)34(3)24-37(6)49(61)50(67-9)48(60)36(5)23-32/h10-12,15-16,24,32,34-36,38-43,45-47,49-50,56-58,61,65H,13-14,17-23,25-31H2,1-9H3/b12-10+,15-11+,33-16+,37-24+/t32-,34-,35-,36-,38-,39+,41+,42+,43-,45-,46+,47-,49-,50+,54-/m1/s1. The Morgan fingerprint density at radius 1 is 0.857 bits per heavy atom. The zero-order chi connectivity index (χ0) is 51.9. The minimum atomic E-state index is -2.52. The highest BCUT2D eigenvalue weighted by atomic mass is 16.6. The van der Waals surface area contributed by atoms with Gasteiger partial charge in [0.1, 0.15) is 30.1 Å².